The molecule has 1 fully saturated rings. The number of aromatic nitrogens is 1. The van der Waals surface area contributed by atoms with Crippen LogP contribution in [-0.4, -0.2) is 53.1 Å². The van der Waals surface area contributed by atoms with Crippen molar-refractivity contribution in [2.24, 2.45) is 5.73 Å². The number of carbonyl (C=O) groups is 1. The third-order valence-electron chi connectivity index (χ3n) is 4.80. The van der Waals surface area contributed by atoms with Crippen LogP contribution in [0.25, 0.3) is 11.3 Å². The summed E-state index contributed by atoms with van der Waals surface area (Å²) in [7, 11) is 0. The lowest BCUT2D eigenvalue weighted by Crippen LogP contribution is -2.48. The van der Waals surface area contributed by atoms with Gasteiger partial charge in [-0.25, -0.2) is 9.18 Å². The van der Waals surface area contributed by atoms with Crippen LogP contribution < -0.4 is 10.5 Å². The van der Waals surface area contributed by atoms with Crippen LogP contribution in [0.3, 0.4) is 0 Å². The Balaban J connectivity index is 1.68. The lowest BCUT2D eigenvalue weighted by Gasteiger charge is -2.36. The zero-order chi connectivity index (χ0) is 19.4. The molecule has 0 atom stereocenters. The molecule has 1 aliphatic rings. The second kappa shape index (κ2) is 8.45. The Hall–Kier alpha value is -2.51. The molecule has 0 spiro atoms. The lowest BCUT2D eigenvalue weighted by molar-refractivity contribution is 0.104. The maximum absolute atomic E-state index is 14.7. The van der Waals surface area contributed by atoms with E-state index in [1.54, 1.807) is 12.1 Å². The van der Waals surface area contributed by atoms with Gasteiger partial charge < -0.3 is 10.5 Å². The topological polar surface area (TPSA) is 71.7 Å². The zero-order valence-corrected chi connectivity index (χ0v) is 15.7. The molecule has 6 nitrogen and oxygen atoms in total. The molecule has 0 aliphatic carbocycles. The Morgan fingerprint density at radius 1 is 1.22 bits per heavy atom. The van der Waals surface area contributed by atoms with E-state index in [1.165, 1.54) is 18.3 Å². The molecule has 0 bridgehead atoms. The number of piperazine rings is 1. The standard InChI is InChI=1S/C20H25FN4O2/c1-14(2)25-9-7-24(8-10-25)13-15-3-4-17(18(21)11-15)19-12-16(5-6-23-19)27-20(22)26/h3-6,11-12,14H,7-10,13H2,1-2H3,(H2,22,26). The number of primary amides is 1. The number of hydrogen-bond donors (Lipinski definition) is 1. The van der Waals surface area contributed by atoms with Gasteiger partial charge in [-0.3, -0.25) is 14.8 Å². The Kier molecular flexibility index (Phi) is 6.03. The van der Waals surface area contributed by atoms with Crippen molar-refractivity contribution in [1.29, 1.82) is 0 Å². The number of halogens is 1. The van der Waals surface area contributed by atoms with Gasteiger partial charge >= 0.3 is 6.09 Å². The number of hydrogen-bond acceptors (Lipinski definition) is 5. The van der Waals surface area contributed by atoms with Gasteiger partial charge in [-0.2, -0.15) is 0 Å². The summed E-state index contributed by atoms with van der Waals surface area (Å²) in [6.45, 7) is 9.18. The molecule has 1 saturated heterocycles. The minimum atomic E-state index is -0.916. The van der Waals surface area contributed by atoms with Gasteiger partial charge in [-0.1, -0.05) is 6.07 Å². The number of ether oxygens (including phenoxy) is 1. The van der Waals surface area contributed by atoms with Gasteiger partial charge in [0.1, 0.15) is 11.6 Å². The average Bonchev–Trinajstić information content (AvgIpc) is 2.62. The van der Waals surface area contributed by atoms with Crippen LogP contribution in [0.1, 0.15) is 19.4 Å². The van der Waals surface area contributed by atoms with E-state index in [0.717, 1.165) is 38.3 Å². The summed E-state index contributed by atoms with van der Waals surface area (Å²) < 4.78 is 19.5. The van der Waals surface area contributed by atoms with Crippen molar-refractivity contribution < 1.29 is 13.9 Å². The minimum Gasteiger partial charge on any atom is -0.410 e. The minimum absolute atomic E-state index is 0.235. The Labute approximate surface area is 158 Å². The summed E-state index contributed by atoms with van der Waals surface area (Å²) in [5.41, 5.74) is 6.69. The SMILES string of the molecule is CC(C)N1CCN(Cc2ccc(-c3cc(OC(N)=O)ccn3)c(F)c2)CC1. The predicted molar refractivity (Wildman–Crippen MR) is 102 cm³/mol. The fraction of sp³-hybridized carbons (Fsp3) is 0.400. The van der Waals surface area contributed by atoms with Crippen LogP contribution in [0.15, 0.2) is 36.5 Å². The number of amides is 1. The molecule has 0 unspecified atom stereocenters. The van der Waals surface area contributed by atoms with Gasteiger partial charge in [0.05, 0.1) is 5.69 Å². The van der Waals surface area contributed by atoms with Crippen LogP contribution in [0.5, 0.6) is 5.75 Å². The summed E-state index contributed by atoms with van der Waals surface area (Å²) in [4.78, 5) is 19.8. The van der Waals surface area contributed by atoms with E-state index < -0.39 is 6.09 Å². The van der Waals surface area contributed by atoms with E-state index in [-0.39, 0.29) is 11.6 Å². The first-order valence-corrected chi connectivity index (χ1v) is 9.11. The van der Waals surface area contributed by atoms with E-state index in [9.17, 15) is 9.18 Å². The number of rotatable bonds is 5. The molecule has 1 aromatic heterocycles. The molecule has 2 N–H and O–H groups in total. The molecular weight excluding hydrogens is 347 g/mol. The summed E-state index contributed by atoms with van der Waals surface area (Å²) in [5.74, 6) is -0.115. The van der Waals surface area contributed by atoms with Crippen molar-refractivity contribution >= 4 is 6.09 Å². The van der Waals surface area contributed by atoms with Gasteiger partial charge in [0, 0.05) is 56.6 Å². The van der Waals surface area contributed by atoms with Crippen LogP contribution in [-0.2, 0) is 6.54 Å². The van der Waals surface area contributed by atoms with E-state index >= 15 is 0 Å². The molecule has 2 heterocycles. The van der Waals surface area contributed by atoms with E-state index in [1.807, 2.05) is 6.07 Å². The fourth-order valence-electron chi connectivity index (χ4n) is 3.30. The summed E-state index contributed by atoms with van der Waals surface area (Å²) >= 11 is 0. The number of carbonyl (C=O) groups excluding carboxylic acids is 1. The monoisotopic (exact) mass is 372 g/mol. The second-order valence-electron chi connectivity index (χ2n) is 7.02. The molecule has 0 radical (unpaired) electrons. The zero-order valence-electron chi connectivity index (χ0n) is 15.7. The third kappa shape index (κ3) is 5.02. The number of pyridine rings is 1. The molecule has 1 aromatic carbocycles. The molecular formula is C20H25FN4O2. The van der Waals surface area contributed by atoms with Crippen molar-refractivity contribution in [2.75, 3.05) is 26.2 Å². The Morgan fingerprint density at radius 2 is 1.96 bits per heavy atom. The normalized spacial score (nSPS) is 15.9. The summed E-state index contributed by atoms with van der Waals surface area (Å²) in [6, 6.07) is 8.73. The maximum Gasteiger partial charge on any atom is 0.409 e. The molecule has 27 heavy (non-hydrogen) atoms. The van der Waals surface area contributed by atoms with E-state index in [0.29, 0.717) is 17.3 Å². The molecule has 1 aliphatic heterocycles. The first-order chi connectivity index (χ1) is 12.9. The largest absolute Gasteiger partial charge is 0.410 e. The predicted octanol–water partition coefficient (Wildman–Crippen LogP) is 2.87. The Morgan fingerprint density at radius 3 is 2.59 bits per heavy atom. The lowest BCUT2D eigenvalue weighted by atomic mass is 10.1. The molecule has 0 saturated carbocycles. The van der Waals surface area contributed by atoms with Crippen LogP contribution in [0.4, 0.5) is 9.18 Å². The van der Waals surface area contributed by atoms with Crippen LogP contribution in [0.2, 0.25) is 0 Å². The number of nitrogens with two attached hydrogens (primary N) is 1. The highest BCUT2D eigenvalue weighted by Crippen LogP contribution is 2.25. The van der Waals surface area contributed by atoms with Gasteiger partial charge in [-0.15, -0.1) is 0 Å². The van der Waals surface area contributed by atoms with Crippen molar-refractivity contribution in [3.63, 3.8) is 0 Å². The van der Waals surface area contributed by atoms with Crippen molar-refractivity contribution in [3.8, 4) is 17.0 Å². The van der Waals surface area contributed by atoms with Crippen molar-refractivity contribution in [2.45, 2.75) is 26.4 Å². The molecule has 3 rings (SSSR count). The van der Waals surface area contributed by atoms with Gasteiger partial charge in [-0.05, 0) is 37.6 Å². The van der Waals surface area contributed by atoms with Gasteiger partial charge in [0.2, 0.25) is 0 Å². The van der Waals surface area contributed by atoms with E-state index in [4.69, 9.17) is 10.5 Å². The van der Waals surface area contributed by atoms with Crippen molar-refractivity contribution in [1.82, 2.24) is 14.8 Å². The molecule has 2 aromatic rings. The second-order valence-corrected chi connectivity index (χ2v) is 7.02. The first-order valence-electron chi connectivity index (χ1n) is 9.11. The molecule has 1 amide bonds. The highest BCUT2D eigenvalue weighted by molar-refractivity contribution is 5.69. The quantitative estimate of drug-likeness (QED) is 0.874. The summed E-state index contributed by atoms with van der Waals surface area (Å²) in [6.07, 6.45) is 0.537. The average molecular weight is 372 g/mol. The molecule has 7 heteroatoms. The highest BCUT2D eigenvalue weighted by Gasteiger charge is 2.19. The van der Waals surface area contributed by atoms with Crippen molar-refractivity contribution in [3.05, 3.63) is 47.9 Å². The first kappa shape index (κ1) is 19.3. The molecule has 144 valence electrons. The highest BCUT2D eigenvalue weighted by atomic mass is 19.1. The van der Waals surface area contributed by atoms with E-state index in [2.05, 4.69) is 28.6 Å². The van der Waals surface area contributed by atoms with Gasteiger partial charge in [0.15, 0.2) is 0 Å². The smallest absolute Gasteiger partial charge is 0.409 e. The van der Waals surface area contributed by atoms with Crippen LogP contribution >= 0.6 is 0 Å². The fourth-order valence-corrected chi connectivity index (χ4v) is 3.30. The third-order valence-corrected chi connectivity index (χ3v) is 4.80. The number of benzene rings is 1. The maximum atomic E-state index is 14.7. The van der Waals surface area contributed by atoms with Gasteiger partial charge in [0.25, 0.3) is 0 Å². The number of nitrogens with zero attached hydrogens (tertiary/aromatic N) is 3. The van der Waals surface area contributed by atoms with Crippen LogP contribution in [0, 0.1) is 5.82 Å². The summed E-state index contributed by atoms with van der Waals surface area (Å²) in [5, 5.41) is 0. The Bertz CT molecular complexity index is 804.